The first-order chi connectivity index (χ1) is 13.2. The smallest absolute Gasteiger partial charge is 0.257 e. The molecule has 0 spiro atoms. The highest BCUT2D eigenvalue weighted by atomic mass is 16.5. The van der Waals surface area contributed by atoms with Crippen LogP contribution in [0.5, 0.6) is 5.75 Å². The molecule has 0 unspecified atom stereocenters. The molecule has 27 heavy (non-hydrogen) atoms. The van der Waals surface area contributed by atoms with Crippen molar-refractivity contribution in [3.63, 3.8) is 0 Å². The molecule has 1 aliphatic heterocycles. The Morgan fingerprint density at radius 2 is 2.00 bits per heavy atom. The maximum absolute atomic E-state index is 13.1. The fourth-order valence-electron chi connectivity index (χ4n) is 3.40. The van der Waals surface area contributed by atoms with Crippen molar-refractivity contribution in [3.05, 3.63) is 53.9 Å². The van der Waals surface area contributed by atoms with Gasteiger partial charge in [0.15, 0.2) is 5.65 Å². The summed E-state index contributed by atoms with van der Waals surface area (Å²) in [6, 6.07) is 11.5. The molecule has 6 nitrogen and oxygen atoms in total. The van der Waals surface area contributed by atoms with Crippen LogP contribution in [0.1, 0.15) is 28.9 Å². The molecule has 1 amide bonds. The number of carbonyl (C=O) groups is 1. The second-order valence-corrected chi connectivity index (χ2v) is 6.73. The first-order valence-corrected chi connectivity index (χ1v) is 9.12. The number of aromatic nitrogens is 2. The third-order valence-corrected chi connectivity index (χ3v) is 4.83. The Morgan fingerprint density at radius 1 is 1.19 bits per heavy atom. The quantitative estimate of drug-likeness (QED) is 0.762. The lowest BCUT2D eigenvalue weighted by Gasteiger charge is -2.19. The van der Waals surface area contributed by atoms with Crippen molar-refractivity contribution in [2.75, 3.05) is 25.5 Å². The Hall–Kier alpha value is -3.15. The fourth-order valence-corrected chi connectivity index (χ4v) is 3.40. The summed E-state index contributed by atoms with van der Waals surface area (Å²) >= 11 is 0. The molecule has 138 valence electrons. The van der Waals surface area contributed by atoms with E-state index in [9.17, 15) is 4.79 Å². The highest BCUT2D eigenvalue weighted by Crippen LogP contribution is 2.31. The third-order valence-electron chi connectivity index (χ3n) is 4.83. The van der Waals surface area contributed by atoms with E-state index in [1.54, 1.807) is 13.3 Å². The number of hydrogen-bond donors (Lipinski definition) is 1. The van der Waals surface area contributed by atoms with Gasteiger partial charge in [-0.25, -0.2) is 9.97 Å². The van der Waals surface area contributed by atoms with Crippen molar-refractivity contribution in [2.24, 2.45) is 0 Å². The van der Waals surface area contributed by atoms with E-state index in [2.05, 4.69) is 15.3 Å². The molecular weight excluding hydrogens is 340 g/mol. The van der Waals surface area contributed by atoms with E-state index in [1.807, 2.05) is 48.2 Å². The molecule has 1 saturated heterocycles. The molecule has 1 aromatic carbocycles. The number of ether oxygens (including phenoxy) is 1. The van der Waals surface area contributed by atoms with Gasteiger partial charge >= 0.3 is 0 Å². The summed E-state index contributed by atoms with van der Waals surface area (Å²) in [5, 5.41) is 4.23. The normalized spacial score (nSPS) is 13.8. The largest absolute Gasteiger partial charge is 0.497 e. The molecule has 2 aromatic heterocycles. The Kier molecular flexibility index (Phi) is 4.62. The lowest BCUT2D eigenvalue weighted by molar-refractivity contribution is 0.0793. The molecule has 0 radical (unpaired) electrons. The van der Waals surface area contributed by atoms with Crippen molar-refractivity contribution < 1.29 is 9.53 Å². The number of benzene rings is 1. The molecule has 3 heterocycles. The van der Waals surface area contributed by atoms with Gasteiger partial charge in [-0.3, -0.25) is 4.79 Å². The average molecular weight is 362 g/mol. The number of nitrogens with one attached hydrogen (secondary N) is 1. The standard InChI is InChI=1S/C21H22N4O2/c1-14-8-9-17-19(24-15-6-5-7-16(12-15)27-2)18(13-22-20(17)23-14)21(26)25-10-3-4-11-25/h5-9,12-13H,3-4,10-11H2,1-2H3,(H,22,23,24). The molecule has 0 atom stereocenters. The Bertz CT molecular complexity index is 997. The molecule has 0 aliphatic carbocycles. The van der Waals surface area contributed by atoms with Crippen LogP contribution < -0.4 is 10.1 Å². The van der Waals surface area contributed by atoms with Gasteiger partial charge in [0.25, 0.3) is 5.91 Å². The van der Waals surface area contributed by atoms with E-state index in [0.717, 1.165) is 54.1 Å². The van der Waals surface area contributed by atoms with Crippen LogP contribution in [-0.4, -0.2) is 41.0 Å². The number of hydrogen-bond acceptors (Lipinski definition) is 5. The van der Waals surface area contributed by atoms with Crippen LogP contribution in [0.15, 0.2) is 42.6 Å². The minimum atomic E-state index is 0.00729. The van der Waals surface area contributed by atoms with E-state index in [4.69, 9.17) is 4.74 Å². The topological polar surface area (TPSA) is 67.3 Å². The monoisotopic (exact) mass is 362 g/mol. The van der Waals surface area contributed by atoms with Crippen LogP contribution >= 0.6 is 0 Å². The molecule has 0 saturated carbocycles. The predicted molar refractivity (Wildman–Crippen MR) is 106 cm³/mol. The summed E-state index contributed by atoms with van der Waals surface area (Å²) in [4.78, 5) is 23.9. The number of pyridine rings is 2. The molecule has 0 bridgehead atoms. The van der Waals surface area contributed by atoms with E-state index >= 15 is 0 Å². The molecule has 1 fully saturated rings. The van der Waals surface area contributed by atoms with Crippen LogP contribution in [0.2, 0.25) is 0 Å². The maximum Gasteiger partial charge on any atom is 0.257 e. The zero-order valence-electron chi connectivity index (χ0n) is 15.5. The Labute approximate surface area is 158 Å². The minimum absolute atomic E-state index is 0.00729. The zero-order valence-corrected chi connectivity index (χ0v) is 15.5. The second-order valence-electron chi connectivity index (χ2n) is 6.73. The first-order valence-electron chi connectivity index (χ1n) is 9.12. The van der Waals surface area contributed by atoms with E-state index in [0.29, 0.717) is 11.2 Å². The van der Waals surface area contributed by atoms with Crippen LogP contribution in [-0.2, 0) is 0 Å². The number of aryl methyl sites for hydroxylation is 1. The number of anilines is 2. The van der Waals surface area contributed by atoms with Crippen molar-refractivity contribution in [1.82, 2.24) is 14.9 Å². The lowest BCUT2D eigenvalue weighted by Crippen LogP contribution is -2.28. The number of fused-ring (bicyclic) bond motifs is 1. The second kappa shape index (κ2) is 7.23. The van der Waals surface area contributed by atoms with Crippen molar-refractivity contribution in [1.29, 1.82) is 0 Å². The van der Waals surface area contributed by atoms with E-state index in [-0.39, 0.29) is 5.91 Å². The van der Waals surface area contributed by atoms with Crippen LogP contribution in [0, 0.1) is 6.92 Å². The van der Waals surface area contributed by atoms with Crippen LogP contribution in [0.3, 0.4) is 0 Å². The van der Waals surface area contributed by atoms with E-state index < -0.39 is 0 Å². The van der Waals surface area contributed by atoms with Gasteiger partial charge < -0.3 is 15.0 Å². The van der Waals surface area contributed by atoms with Gasteiger partial charge in [0, 0.05) is 42.1 Å². The number of amides is 1. The van der Waals surface area contributed by atoms with Gasteiger partial charge in [-0.1, -0.05) is 6.07 Å². The Balaban J connectivity index is 1.83. The van der Waals surface area contributed by atoms with E-state index in [1.165, 1.54) is 0 Å². The highest BCUT2D eigenvalue weighted by Gasteiger charge is 2.24. The zero-order chi connectivity index (χ0) is 18.8. The number of carbonyl (C=O) groups excluding carboxylic acids is 1. The maximum atomic E-state index is 13.1. The fraction of sp³-hybridized carbons (Fsp3) is 0.286. The molecular formula is C21H22N4O2. The summed E-state index contributed by atoms with van der Waals surface area (Å²) in [5.74, 6) is 0.757. The Morgan fingerprint density at radius 3 is 2.78 bits per heavy atom. The number of nitrogens with zero attached hydrogens (tertiary/aromatic N) is 3. The molecule has 3 aromatic rings. The minimum Gasteiger partial charge on any atom is -0.497 e. The van der Waals surface area contributed by atoms with Crippen molar-refractivity contribution in [2.45, 2.75) is 19.8 Å². The molecule has 1 N–H and O–H groups in total. The summed E-state index contributed by atoms with van der Waals surface area (Å²) in [6.07, 6.45) is 3.73. The summed E-state index contributed by atoms with van der Waals surface area (Å²) < 4.78 is 5.31. The van der Waals surface area contributed by atoms with Crippen LogP contribution in [0.4, 0.5) is 11.4 Å². The van der Waals surface area contributed by atoms with Crippen LogP contribution in [0.25, 0.3) is 11.0 Å². The van der Waals surface area contributed by atoms with Crippen molar-refractivity contribution >= 4 is 28.3 Å². The van der Waals surface area contributed by atoms with Gasteiger partial charge in [0.05, 0.1) is 18.4 Å². The molecule has 6 heteroatoms. The summed E-state index contributed by atoms with van der Waals surface area (Å²) in [6.45, 7) is 3.52. The van der Waals surface area contributed by atoms with Gasteiger partial charge in [-0.15, -0.1) is 0 Å². The van der Waals surface area contributed by atoms with Crippen molar-refractivity contribution in [3.8, 4) is 5.75 Å². The van der Waals surface area contributed by atoms with Gasteiger partial charge in [0.2, 0.25) is 0 Å². The predicted octanol–water partition coefficient (Wildman–Crippen LogP) is 3.93. The number of rotatable bonds is 4. The average Bonchev–Trinajstić information content (AvgIpc) is 3.22. The SMILES string of the molecule is COc1cccc(Nc2c(C(=O)N3CCCC3)cnc3nc(C)ccc23)c1. The van der Waals surface area contributed by atoms with Gasteiger partial charge in [-0.2, -0.15) is 0 Å². The molecule has 4 rings (SSSR count). The number of methoxy groups -OCH3 is 1. The summed E-state index contributed by atoms with van der Waals surface area (Å²) in [5.41, 5.74) is 3.66. The van der Waals surface area contributed by atoms with Gasteiger partial charge in [0.1, 0.15) is 5.75 Å². The molecule has 1 aliphatic rings. The van der Waals surface area contributed by atoms with Gasteiger partial charge in [-0.05, 0) is 44.0 Å². The lowest BCUT2D eigenvalue weighted by atomic mass is 10.1. The third kappa shape index (κ3) is 3.43. The summed E-state index contributed by atoms with van der Waals surface area (Å²) in [7, 11) is 1.63. The number of likely N-dealkylation sites (tertiary alicyclic amines) is 1. The first kappa shape index (κ1) is 17.3. The highest BCUT2D eigenvalue weighted by molar-refractivity contribution is 6.07.